The fourth-order valence-corrected chi connectivity index (χ4v) is 3.02. The highest BCUT2D eigenvalue weighted by Crippen LogP contribution is 2.16. The molecule has 7 nitrogen and oxygen atoms in total. The van der Waals surface area contributed by atoms with Crippen LogP contribution in [-0.2, 0) is 19.1 Å². The van der Waals surface area contributed by atoms with Gasteiger partial charge in [-0.25, -0.2) is 4.79 Å². The zero-order valence-corrected chi connectivity index (χ0v) is 16.6. The molecule has 7 heteroatoms. The van der Waals surface area contributed by atoms with Gasteiger partial charge in [-0.15, -0.1) is 0 Å². The number of carbonyl (C=O) groups is 3. The number of piperidine rings is 1. The quantitative estimate of drug-likeness (QED) is 0.572. The third-order valence-electron chi connectivity index (χ3n) is 4.72. The van der Waals surface area contributed by atoms with E-state index in [4.69, 9.17) is 9.47 Å². The molecule has 1 aliphatic rings. The van der Waals surface area contributed by atoms with Gasteiger partial charge in [-0.05, 0) is 56.9 Å². The first kappa shape index (κ1) is 21.5. The average molecular weight is 388 g/mol. The van der Waals surface area contributed by atoms with Crippen molar-refractivity contribution in [2.24, 2.45) is 0 Å². The van der Waals surface area contributed by atoms with Crippen molar-refractivity contribution in [3.63, 3.8) is 0 Å². The fraction of sp³-hybridized carbons (Fsp3) is 0.476. The summed E-state index contributed by atoms with van der Waals surface area (Å²) in [4.78, 5) is 38.0. The van der Waals surface area contributed by atoms with Crippen LogP contribution in [0.15, 0.2) is 30.3 Å². The number of carbonyl (C=O) groups excluding carboxylic acids is 3. The summed E-state index contributed by atoms with van der Waals surface area (Å²) >= 11 is 0. The number of hydrogen-bond acceptors (Lipinski definition) is 5. The van der Waals surface area contributed by atoms with Crippen molar-refractivity contribution in [1.82, 2.24) is 10.2 Å². The minimum Gasteiger partial charge on any atom is -0.497 e. The number of amides is 2. The molecule has 1 N–H and O–H groups in total. The Morgan fingerprint density at radius 3 is 2.61 bits per heavy atom. The van der Waals surface area contributed by atoms with Crippen LogP contribution in [-0.4, -0.2) is 55.0 Å². The Bertz CT molecular complexity index is 714. The molecule has 28 heavy (non-hydrogen) atoms. The van der Waals surface area contributed by atoms with E-state index in [2.05, 4.69) is 5.32 Å². The zero-order chi connectivity index (χ0) is 20.5. The molecule has 0 aromatic heterocycles. The van der Waals surface area contributed by atoms with E-state index in [1.54, 1.807) is 30.2 Å². The Balaban J connectivity index is 1.76. The van der Waals surface area contributed by atoms with E-state index in [0.29, 0.717) is 6.54 Å². The molecule has 0 spiro atoms. The minimum absolute atomic E-state index is 0.167. The molecule has 1 fully saturated rings. The first-order chi connectivity index (χ1) is 13.4. The molecule has 2 atom stereocenters. The standard InChI is InChI=1S/C21H28N2O5/c1-15-6-4-5-13-23(15)20(25)14-28-21(26)16(2)22-19(24)12-9-17-7-10-18(27-3)11-8-17/h7-12,15-16H,4-6,13-14H2,1-3H3,(H,22,24). The first-order valence-electron chi connectivity index (χ1n) is 9.49. The van der Waals surface area contributed by atoms with Gasteiger partial charge in [-0.3, -0.25) is 9.59 Å². The molecule has 1 heterocycles. The third-order valence-corrected chi connectivity index (χ3v) is 4.72. The first-order valence-corrected chi connectivity index (χ1v) is 9.49. The molecule has 1 aromatic carbocycles. The lowest BCUT2D eigenvalue weighted by molar-refractivity contribution is -0.155. The number of ether oxygens (including phenoxy) is 2. The van der Waals surface area contributed by atoms with Gasteiger partial charge >= 0.3 is 5.97 Å². The van der Waals surface area contributed by atoms with Gasteiger partial charge in [0.25, 0.3) is 5.91 Å². The van der Waals surface area contributed by atoms with Crippen LogP contribution in [0.4, 0.5) is 0 Å². The van der Waals surface area contributed by atoms with E-state index in [-0.39, 0.29) is 18.6 Å². The third kappa shape index (κ3) is 6.40. The number of hydrogen-bond donors (Lipinski definition) is 1. The maximum absolute atomic E-state index is 12.2. The highest BCUT2D eigenvalue weighted by Gasteiger charge is 2.25. The van der Waals surface area contributed by atoms with Gasteiger partial charge in [0.2, 0.25) is 5.91 Å². The highest BCUT2D eigenvalue weighted by atomic mass is 16.5. The summed E-state index contributed by atoms with van der Waals surface area (Å²) < 4.78 is 10.1. The molecule has 2 unspecified atom stereocenters. The Labute approximate surface area is 165 Å². The second-order valence-electron chi connectivity index (χ2n) is 6.88. The van der Waals surface area contributed by atoms with E-state index >= 15 is 0 Å². The lowest BCUT2D eigenvalue weighted by Gasteiger charge is -2.33. The number of nitrogens with one attached hydrogen (secondary N) is 1. The van der Waals surface area contributed by atoms with Gasteiger partial charge in [0.15, 0.2) is 6.61 Å². The highest BCUT2D eigenvalue weighted by molar-refractivity contribution is 5.94. The Hall–Kier alpha value is -2.83. The maximum Gasteiger partial charge on any atom is 0.328 e. The van der Waals surface area contributed by atoms with Gasteiger partial charge < -0.3 is 19.7 Å². The van der Waals surface area contributed by atoms with Crippen LogP contribution in [0.25, 0.3) is 6.08 Å². The van der Waals surface area contributed by atoms with Crippen molar-refractivity contribution in [3.8, 4) is 5.75 Å². The van der Waals surface area contributed by atoms with Crippen LogP contribution in [0.1, 0.15) is 38.7 Å². The predicted molar refractivity (Wildman–Crippen MR) is 106 cm³/mol. The summed E-state index contributed by atoms with van der Waals surface area (Å²) in [5, 5.41) is 2.53. The van der Waals surface area contributed by atoms with Crippen LogP contribution in [0.5, 0.6) is 5.75 Å². The number of nitrogens with zero attached hydrogens (tertiary/aromatic N) is 1. The predicted octanol–water partition coefficient (Wildman–Crippen LogP) is 2.16. The molecule has 1 aliphatic heterocycles. The Morgan fingerprint density at radius 1 is 1.25 bits per heavy atom. The molecule has 152 valence electrons. The SMILES string of the molecule is COc1ccc(C=CC(=O)NC(C)C(=O)OCC(=O)N2CCCCC2C)cc1. The van der Waals surface area contributed by atoms with Crippen molar-refractivity contribution >= 4 is 23.9 Å². The van der Waals surface area contributed by atoms with E-state index < -0.39 is 17.9 Å². The van der Waals surface area contributed by atoms with E-state index in [0.717, 1.165) is 30.6 Å². The molecule has 2 amide bonds. The number of rotatable bonds is 7. The second kappa shape index (κ2) is 10.5. The number of likely N-dealkylation sites (tertiary alicyclic amines) is 1. The maximum atomic E-state index is 12.2. The molecule has 0 aliphatic carbocycles. The molecule has 0 bridgehead atoms. The Kier molecular flexibility index (Phi) is 8.04. The van der Waals surface area contributed by atoms with Crippen molar-refractivity contribution < 1.29 is 23.9 Å². The lowest BCUT2D eigenvalue weighted by Crippen LogP contribution is -2.45. The molecule has 0 saturated carbocycles. The van der Waals surface area contributed by atoms with Crippen molar-refractivity contribution in [2.75, 3.05) is 20.3 Å². The normalized spacial score (nSPS) is 17.8. The molecule has 2 rings (SSSR count). The van der Waals surface area contributed by atoms with E-state index in [1.165, 1.54) is 13.0 Å². The van der Waals surface area contributed by atoms with Gasteiger partial charge in [-0.2, -0.15) is 0 Å². The van der Waals surface area contributed by atoms with Crippen molar-refractivity contribution in [3.05, 3.63) is 35.9 Å². The monoisotopic (exact) mass is 388 g/mol. The fourth-order valence-electron chi connectivity index (χ4n) is 3.02. The minimum atomic E-state index is -0.848. The zero-order valence-electron chi connectivity index (χ0n) is 16.6. The molecule has 1 saturated heterocycles. The van der Waals surface area contributed by atoms with Gasteiger partial charge in [0, 0.05) is 18.7 Å². The lowest BCUT2D eigenvalue weighted by atomic mass is 10.0. The van der Waals surface area contributed by atoms with E-state index in [9.17, 15) is 14.4 Å². The van der Waals surface area contributed by atoms with Crippen molar-refractivity contribution in [2.45, 2.75) is 45.2 Å². The topological polar surface area (TPSA) is 84.9 Å². The average Bonchev–Trinajstić information content (AvgIpc) is 2.70. The second-order valence-corrected chi connectivity index (χ2v) is 6.88. The molecular formula is C21H28N2O5. The van der Waals surface area contributed by atoms with Crippen molar-refractivity contribution in [1.29, 1.82) is 0 Å². The summed E-state index contributed by atoms with van der Waals surface area (Å²) in [6, 6.07) is 6.52. The Morgan fingerprint density at radius 2 is 1.96 bits per heavy atom. The number of methoxy groups -OCH3 is 1. The van der Waals surface area contributed by atoms with E-state index in [1.807, 2.05) is 19.1 Å². The van der Waals surface area contributed by atoms with Crippen LogP contribution in [0, 0.1) is 0 Å². The summed E-state index contributed by atoms with van der Waals surface area (Å²) in [6.45, 7) is 3.91. The summed E-state index contributed by atoms with van der Waals surface area (Å²) in [6.07, 6.45) is 6.02. The summed E-state index contributed by atoms with van der Waals surface area (Å²) in [5.74, 6) is -0.523. The molecule has 0 radical (unpaired) electrons. The summed E-state index contributed by atoms with van der Waals surface area (Å²) in [5.41, 5.74) is 0.826. The van der Waals surface area contributed by atoms with Gasteiger partial charge in [0.05, 0.1) is 7.11 Å². The van der Waals surface area contributed by atoms with Crippen LogP contribution in [0.2, 0.25) is 0 Å². The molecule has 1 aromatic rings. The van der Waals surface area contributed by atoms with Crippen LogP contribution >= 0.6 is 0 Å². The van der Waals surface area contributed by atoms with Gasteiger partial charge in [0.1, 0.15) is 11.8 Å². The summed E-state index contributed by atoms with van der Waals surface area (Å²) in [7, 11) is 1.58. The largest absolute Gasteiger partial charge is 0.497 e. The van der Waals surface area contributed by atoms with Gasteiger partial charge in [-0.1, -0.05) is 12.1 Å². The van der Waals surface area contributed by atoms with Crippen LogP contribution in [0.3, 0.4) is 0 Å². The molecular weight excluding hydrogens is 360 g/mol. The number of benzene rings is 1. The number of esters is 1. The van der Waals surface area contributed by atoms with Crippen LogP contribution < -0.4 is 10.1 Å². The smallest absolute Gasteiger partial charge is 0.328 e.